The number of carboxylic acid groups (broad SMARTS) is 2. The van der Waals surface area contributed by atoms with Crippen LogP contribution in [0.1, 0.15) is 20.7 Å². The molecule has 0 saturated carbocycles. The molecule has 12 heteroatoms. The zero-order valence-electron chi connectivity index (χ0n) is 14.0. The minimum atomic E-state index is -4.94. The summed E-state index contributed by atoms with van der Waals surface area (Å²) < 4.78 is 37.6. The second-order valence-corrected chi connectivity index (χ2v) is 6.28. The molecule has 0 saturated heterocycles. The van der Waals surface area contributed by atoms with Crippen molar-refractivity contribution in [1.29, 1.82) is 0 Å². The topological polar surface area (TPSA) is 179 Å². The minimum absolute atomic E-state index is 0.151. The lowest BCUT2D eigenvalue weighted by Gasteiger charge is -2.17. The summed E-state index contributed by atoms with van der Waals surface area (Å²) in [4.78, 5) is 24.2. The molecule has 0 fully saturated rings. The van der Waals surface area contributed by atoms with Crippen molar-refractivity contribution in [1.82, 2.24) is 4.40 Å². The maximum atomic E-state index is 11.2. The van der Waals surface area contributed by atoms with Crippen LogP contribution >= 0.6 is 0 Å². The predicted molar refractivity (Wildman–Crippen MR) is 78.8 cm³/mol. The molecule has 3 aromatic rings. The van der Waals surface area contributed by atoms with Gasteiger partial charge in [0.05, 0.1) is 37.6 Å². The number of pyridine rings is 2. The number of carboxylic acids is 2. The van der Waals surface area contributed by atoms with E-state index in [0.29, 0.717) is 11.0 Å². The number of hydrogen-bond donors (Lipinski definition) is 2. The molecule has 0 amide bonds. The highest BCUT2D eigenvalue weighted by Crippen LogP contribution is 2.20. The van der Waals surface area contributed by atoms with Gasteiger partial charge in [-0.15, -0.1) is 10.2 Å². The molecule has 0 aromatic carbocycles. The summed E-state index contributed by atoms with van der Waals surface area (Å²) in [6.45, 7) is 0. The van der Waals surface area contributed by atoms with Crippen LogP contribution in [0.5, 0.6) is 0 Å². The van der Waals surface area contributed by atoms with Crippen molar-refractivity contribution in [2.45, 2.75) is 0 Å². The Kier molecular flexibility index (Phi) is 5.54. The van der Waals surface area contributed by atoms with Crippen molar-refractivity contribution < 1.29 is 53.1 Å². The zero-order valence-corrected chi connectivity index (χ0v) is 14.8. The number of nitrogens with zero attached hydrogens (tertiary/aromatic N) is 3. The molecule has 0 unspecified atom stereocenters. The van der Waals surface area contributed by atoms with Crippen molar-refractivity contribution in [2.24, 2.45) is 0 Å². The minimum Gasteiger partial charge on any atom is -0.478 e. The third kappa shape index (κ3) is 4.61. The van der Waals surface area contributed by atoms with E-state index < -0.39 is 22.2 Å². The third-order valence-corrected chi connectivity index (χ3v) is 3.50. The number of rotatable bonds is 3. The first-order chi connectivity index (χ1) is 12.4. The van der Waals surface area contributed by atoms with E-state index in [0.717, 1.165) is 5.95 Å². The van der Waals surface area contributed by atoms with Crippen molar-refractivity contribution in [3.63, 3.8) is 0 Å². The summed E-state index contributed by atoms with van der Waals surface area (Å²) >= 11 is 0. The first-order valence-corrected chi connectivity index (χ1v) is 8.38. The standard InChI is InChI=1S/C15H13N3O4.ClHO4/c1-16(2)15-17-5-3-9(13(19)20)7-11(17)12-8-10(14(21)22)4-6-18(12)15;2-1(3,4)5/h3-8H,1-2H3,(H-,19,20,21,22);(H,2,3,4,5). The van der Waals surface area contributed by atoms with Crippen molar-refractivity contribution >= 4 is 28.9 Å². The molecule has 0 spiro atoms. The number of hydrogen-bond acceptors (Lipinski definition) is 7. The number of fused-ring (bicyclic) bond motifs is 3. The highest BCUT2D eigenvalue weighted by molar-refractivity contribution is 5.93. The van der Waals surface area contributed by atoms with E-state index in [1.165, 1.54) is 24.3 Å². The number of carbonyl (C=O) groups is 2. The van der Waals surface area contributed by atoms with E-state index >= 15 is 0 Å². The van der Waals surface area contributed by atoms with Gasteiger partial charge in [0.25, 0.3) is 0 Å². The largest absolute Gasteiger partial charge is 0.478 e. The summed E-state index contributed by atoms with van der Waals surface area (Å²) in [7, 11) is -1.21. The Morgan fingerprint density at radius 3 is 2.04 bits per heavy atom. The molecule has 11 nitrogen and oxygen atoms in total. The second kappa shape index (κ2) is 7.34. The smallest absolute Gasteiger partial charge is 0.369 e. The molecular weight excluding hydrogens is 386 g/mol. The Hall–Kier alpha value is -2.96. The van der Waals surface area contributed by atoms with Gasteiger partial charge >= 0.3 is 17.9 Å². The third-order valence-electron chi connectivity index (χ3n) is 3.50. The van der Waals surface area contributed by atoms with Crippen molar-refractivity contribution in [3.05, 3.63) is 47.8 Å². The van der Waals surface area contributed by atoms with Crippen LogP contribution in [0.4, 0.5) is 5.95 Å². The van der Waals surface area contributed by atoms with E-state index in [1.54, 1.807) is 12.4 Å². The average Bonchev–Trinajstić information content (AvgIpc) is 2.86. The highest BCUT2D eigenvalue weighted by Gasteiger charge is 2.23. The highest BCUT2D eigenvalue weighted by atomic mass is 35.7. The molecule has 0 aliphatic carbocycles. The summed E-state index contributed by atoms with van der Waals surface area (Å²) in [5.74, 6) is -1.26. The first-order valence-electron chi connectivity index (χ1n) is 7.15. The monoisotopic (exact) mass is 399 g/mol. The lowest BCUT2D eigenvalue weighted by molar-refractivity contribution is -2.00. The van der Waals surface area contributed by atoms with Crippen LogP contribution in [0.3, 0.4) is 0 Å². The molecular formula is C15H14ClN3O8. The van der Waals surface area contributed by atoms with Gasteiger partial charge in [-0.3, -0.25) is 4.90 Å². The predicted octanol–water partition coefficient (Wildman–Crippen LogP) is -3.62. The Labute approximate surface area is 153 Å². The normalized spacial score (nSPS) is 11.2. The Balaban J connectivity index is 0.000000465. The van der Waals surface area contributed by atoms with Gasteiger partial charge in [-0.1, -0.05) is 0 Å². The SMILES string of the molecule is CN(C)c1n2ccc(C(=O)O)cc2c2cc(C(=O)O)cc[n+]12.[O-][Cl+3]([O-])([O-])[O-]. The van der Waals surface area contributed by atoms with Crippen LogP contribution < -0.4 is 27.9 Å². The van der Waals surface area contributed by atoms with Gasteiger partial charge < -0.3 is 10.2 Å². The fourth-order valence-corrected chi connectivity index (χ4v) is 2.56. The molecule has 0 bridgehead atoms. The zero-order chi connectivity index (χ0) is 20.5. The summed E-state index contributed by atoms with van der Waals surface area (Å²) in [5, 5.41) is 18.3. The van der Waals surface area contributed by atoms with Gasteiger partial charge in [0, 0.05) is 0 Å². The van der Waals surface area contributed by atoms with Gasteiger partial charge in [-0.2, -0.15) is 0 Å². The molecule has 2 N–H and O–H groups in total. The number of anilines is 1. The molecule has 27 heavy (non-hydrogen) atoms. The summed E-state index contributed by atoms with van der Waals surface area (Å²) in [6, 6.07) is 6.10. The fraction of sp³-hybridized carbons (Fsp3) is 0.133. The van der Waals surface area contributed by atoms with Crippen molar-refractivity contribution in [2.75, 3.05) is 19.0 Å². The van der Waals surface area contributed by atoms with E-state index in [1.807, 2.05) is 27.8 Å². The van der Waals surface area contributed by atoms with Gasteiger partial charge in [-0.05, 0) is 24.3 Å². The van der Waals surface area contributed by atoms with E-state index in [2.05, 4.69) is 0 Å². The quantitative estimate of drug-likeness (QED) is 0.420. The summed E-state index contributed by atoms with van der Waals surface area (Å²) in [5.41, 5.74) is 1.57. The van der Waals surface area contributed by atoms with Crippen LogP contribution in [-0.4, -0.2) is 40.6 Å². The van der Waals surface area contributed by atoms with E-state index in [4.69, 9.17) is 28.8 Å². The van der Waals surface area contributed by atoms with Gasteiger partial charge in [0.1, 0.15) is 11.0 Å². The molecule has 3 rings (SSSR count). The lowest BCUT2D eigenvalue weighted by atomic mass is 10.2. The maximum Gasteiger partial charge on any atom is 0.369 e. The average molecular weight is 400 g/mol. The van der Waals surface area contributed by atoms with Crippen LogP contribution in [-0.2, 0) is 0 Å². The fourth-order valence-electron chi connectivity index (χ4n) is 2.56. The van der Waals surface area contributed by atoms with Gasteiger partial charge in [0.2, 0.25) is 0 Å². The maximum absolute atomic E-state index is 11.2. The van der Waals surface area contributed by atoms with Crippen LogP contribution in [0.2, 0.25) is 0 Å². The number of aromatic carboxylic acids is 2. The first kappa shape index (κ1) is 20.4. The molecule has 0 aliphatic rings. The number of aromatic nitrogens is 2. The molecule has 3 heterocycles. The van der Waals surface area contributed by atoms with Gasteiger partial charge in [-0.25, -0.2) is 37.0 Å². The van der Waals surface area contributed by atoms with E-state index in [-0.39, 0.29) is 11.1 Å². The molecule has 3 aromatic heterocycles. The second-order valence-electron chi connectivity index (χ2n) is 5.52. The number of halogens is 1. The molecule has 0 atom stereocenters. The van der Waals surface area contributed by atoms with E-state index in [9.17, 15) is 9.59 Å². The molecule has 0 radical (unpaired) electrons. The number of imidazole rings is 1. The van der Waals surface area contributed by atoms with Crippen LogP contribution in [0.25, 0.3) is 11.0 Å². The molecule has 0 aliphatic heterocycles. The van der Waals surface area contributed by atoms with Crippen LogP contribution in [0.15, 0.2) is 36.7 Å². The Morgan fingerprint density at radius 1 is 1.04 bits per heavy atom. The lowest BCUT2D eigenvalue weighted by Crippen LogP contribution is -2.68. The Bertz CT molecular complexity index is 948. The molecule has 144 valence electrons. The van der Waals surface area contributed by atoms with Crippen LogP contribution in [0, 0.1) is 10.2 Å². The summed E-state index contributed by atoms with van der Waals surface area (Å²) in [6.07, 6.45) is 3.34. The van der Waals surface area contributed by atoms with Crippen molar-refractivity contribution in [3.8, 4) is 0 Å². The Morgan fingerprint density at radius 2 is 1.56 bits per heavy atom. The van der Waals surface area contributed by atoms with Gasteiger partial charge in [0.15, 0.2) is 0 Å².